The van der Waals surface area contributed by atoms with Crippen molar-refractivity contribution in [1.29, 1.82) is 0 Å². The summed E-state index contributed by atoms with van der Waals surface area (Å²) in [6.07, 6.45) is 0. The lowest BCUT2D eigenvalue weighted by Gasteiger charge is -2.10. The Kier molecular flexibility index (Phi) is 5.66. The fraction of sp³-hybridized carbons (Fsp3) is 0.250. The van der Waals surface area contributed by atoms with Gasteiger partial charge in [-0.05, 0) is 47.7 Å². The van der Waals surface area contributed by atoms with Crippen molar-refractivity contribution >= 4 is 22.6 Å². The molecule has 3 heteroatoms. The second kappa shape index (κ2) is 7.50. The summed E-state index contributed by atoms with van der Waals surface area (Å²) in [5, 5.41) is 2.31. The van der Waals surface area contributed by atoms with Crippen molar-refractivity contribution < 1.29 is 10.1 Å². The van der Waals surface area contributed by atoms with Gasteiger partial charge in [0.1, 0.15) is 18.8 Å². The molecule has 2 N–H and O–H groups in total. The van der Waals surface area contributed by atoms with Gasteiger partial charge in [0.2, 0.25) is 0 Å². The monoisotopic (exact) mass is 368 g/mol. The van der Waals surface area contributed by atoms with E-state index in [1.165, 1.54) is 14.7 Å². The van der Waals surface area contributed by atoms with Gasteiger partial charge in [-0.25, -0.2) is 0 Å². The summed E-state index contributed by atoms with van der Waals surface area (Å²) in [6.45, 7) is 4.68. The van der Waals surface area contributed by atoms with Crippen molar-refractivity contribution in [3.8, 4) is 5.75 Å². The molecule has 100 valence electrons. The molecule has 0 amide bonds. The van der Waals surface area contributed by atoms with Crippen LogP contribution in [0.4, 0.5) is 0 Å². The number of halogens is 1. The van der Waals surface area contributed by atoms with Gasteiger partial charge in [0.05, 0.1) is 6.61 Å². The first-order chi connectivity index (χ1) is 9.29. The van der Waals surface area contributed by atoms with Gasteiger partial charge in [-0.15, -0.1) is 0 Å². The van der Waals surface area contributed by atoms with E-state index in [0.717, 1.165) is 18.8 Å². The van der Waals surface area contributed by atoms with Gasteiger partial charge >= 0.3 is 0 Å². The Bertz CT molecular complexity index is 513. The highest BCUT2D eigenvalue weighted by Gasteiger charge is 2.06. The first kappa shape index (κ1) is 14.3. The smallest absolute Gasteiger partial charge is 0.128 e. The third kappa shape index (κ3) is 4.51. The molecule has 0 bridgehead atoms. The van der Waals surface area contributed by atoms with Gasteiger partial charge in [0, 0.05) is 14.7 Å². The molecule has 0 aromatic heterocycles. The van der Waals surface area contributed by atoms with Crippen LogP contribution in [-0.4, -0.2) is 6.61 Å². The van der Waals surface area contributed by atoms with Crippen LogP contribution >= 0.6 is 22.6 Å². The number of quaternary nitrogens is 1. The fourth-order valence-corrected chi connectivity index (χ4v) is 2.57. The highest BCUT2D eigenvalue weighted by atomic mass is 127. The van der Waals surface area contributed by atoms with Crippen LogP contribution in [0.3, 0.4) is 0 Å². The van der Waals surface area contributed by atoms with Crippen LogP contribution in [-0.2, 0) is 13.1 Å². The lowest BCUT2D eigenvalue weighted by atomic mass is 10.2. The van der Waals surface area contributed by atoms with Crippen molar-refractivity contribution in [2.45, 2.75) is 20.0 Å². The lowest BCUT2D eigenvalue weighted by Crippen LogP contribution is -2.80. The van der Waals surface area contributed by atoms with Crippen LogP contribution in [0.25, 0.3) is 0 Å². The van der Waals surface area contributed by atoms with E-state index in [2.05, 4.69) is 76.4 Å². The molecule has 0 atom stereocenters. The molecule has 0 heterocycles. The maximum Gasteiger partial charge on any atom is 0.128 e. The molecule has 0 aliphatic heterocycles. The minimum atomic E-state index is 0.715. The summed E-state index contributed by atoms with van der Waals surface area (Å²) >= 11 is 2.34. The third-order valence-corrected chi connectivity index (χ3v) is 3.58. The van der Waals surface area contributed by atoms with Crippen molar-refractivity contribution in [2.75, 3.05) is 6.61 Å². The maximum atomic E-state index is 5.67. The minimum Gasteiger partial charge on any atom is -0.493 e. The Labute approximate surface area is 128 Å². The molecule has 0 aliphatic carbocycles. The molecule has 0 radical (unpaired) electrons. The van der Waals surface area contributed by atoms with Crippen LogP contribution in [0.2, 0.25) is 0 Å². The van der Waals surface area contributed by atoms with E-state index in [1.807, 2.05) is 6.92 Å². The highest BCUT2D eigenvalue weighted by molar-refractivity contribution is 14.1. The summed E-state index contributed by atoms with van der Waals surface area (Å²) in [5.74, 6) is 1.01. The molecule has 2 rings (SSSR count). The molecule has 0 fully saturated rings. The van der Waals surface area contributed by atoms with Crippen molar-refractivity contribution in [3.05, 3.63) is 63.2 Å². The second-order valence-corrected chi connectivity index (χ2v) is 5.61. The SMILES string of the molecule is CCOc1ccc(I)cc1C[NH2+]Cc1ccccc1. The predicted octanol–water partition coefficient (Wildman–Crippen LogP) is 2.95. The van der Waals surface area contributed by atoms with Gasteiger partial charge in [0.15, 0.2) is 0 Å². The van der Waals surface area contributed by atoms with E-state index in [9.17, 15) is 0 Å². The molecular weight excluding hydrogens is 349 g/mol. The molecule has 0 unspecified atom stereocenters. The highest BCUT2D eigenvalue weighted by Crippen LogP contribution is 2.20. The molecule has 0 saturated carbocycles. The van der Waals surface area contributed by atoms with Crippen LogP contribution < -0.4 is 10.1 Å². The first-order valence-electron chi connectivity index (χ1n) is 6.56. The number of rotatable bonds is 6. The average molecular weight is 368 g/mol. The van der Waals surface area contributed by atoms with Crippen molar-refractivity contribution in [1.82, 2.24) is 0 Å². The van der Waals surface area contributed by atoms with Crippen molar-refractivity contribution in [3.63, 3.8) is 0 Å². The molecule has 0 aliphatic rings. The average Bonchev–Trinajstić information content (AvgIpc) is 2.43. The Morgan fingerprint density at radius 2 is 1.84 bits per heavy atom. The number of hydrogen-bond acceptors (Lipinski definition) is 1. The van der Waals surface area contributed by atoms with Crippen LogP contribution in [0, 0.1) is 3.57 Å². The van der Waals surface area contributed by atoms with Gasteiger partial charge < -0.3 is 10.1 Å². The van der Waals surface area contributed by atoms with Gasteiger partial charge in [-0.3, -0.25) is 0 Å². The summed E-state index contributed by atoms with van der Waals surface area (Å²) in [5.41, 5.74) is 2.62. The topological polar surface area (TPSA) is 25.8 Å². The van der Waals surface area contributed by atoms with E-state index in [4.69, 9.17) is 4.74 Å². The van der Waals surface area contributed by atoms with Gasteiger partial charge in [0.25, 0.3) is 0 Å². The fourth-order valence-electron chi connectivity index (χ4n) is 2.01. The Balaban J connectivity index is 1.96. The van der Waals surface area contributed by atoms with Crippen molar-refractivity contribution in [2.24, 2.45) is 0 Å². The lowest BCUT2D eigenvalue weighted by molar-refractivity contribution is -0.686. The summed E-state index contributed by atoms with van der Waals surface area (Å²) in [7, 11) is 0. The molecule has 0 spiro atoms. The summed E-state index contributed by atoms with van der Waals surface area (Å²) in [6, 6.07) is 16.9. The Hall–Kier alpha value is -1.07. The van der Waals surface area contributed by atoms with E-state index in [-0.39, 0.29) is 0 Å². The molecule has 0 saturated heterocycles. The zero-order valence-electron chi connectivity index (χ0n) is 11.1. The van der Waals surface area contributed by atoms with E-state index in [0.29, 0.717) is 6.61 Å². The zero-order chi connectivity index (χ0) is 13.5. The van der Waals surface area contributed by atoms with E-state index in [1.54, 1.807) is 0 Å². The Morgan fingerprint density at radius 3 is 2.58 bits per heavy atom. The second-order valence-electron chi connectivity index (χ2n) is 4.37. The van der Waals surface area contributed by atoms with E-state index < -0.39 is 0 Å². The Morgan fingerprint density at radius 1 is 1.05 bits per heavy atom. The number of nitrogens with two attached hydrogens (primary N) is 1. The van der Waals surface area contributed by atoms with Crippen LogP contribution in [0.5, 0.6) is 5.75 Å². The zero-order valence-corrected chi connectivity index (χ0v) is 13.3. The normalized spacial score (nSPS) is 10.4. The third-order valence-electron chi connectivity index (χ3n) is 2.91. The number of ether oxygens (including phenoxy) is 1. The van der Waals surface area contributed by atoms with Gasteiger partial charge in [-0.1, -0.05) is 30.3 Å². The predicted molar refractivity (Wildman–Crippen MR) is 86.1 cm³/mol. The molecule has 2 aromatic rings. The molecule has 2 aromatic carbocycles. The minimum absolute atomic E-state index is 0.715. The van der Waals surface area contributed by atoms with Crippen LogP contribution in [0.1, 0.15) is 18.1 Å². The summed E-state index contributed by atoms with van der Waals surface area (Å²) < 4.78 is 6.93. The molecule has 19 heavy (non-hydrogen) atoms. The van der Waals surface area contributed by atoms with E-state index >= 15 is 0 Å². The standard InChI is InChI=1S/C16H18INO/c1-2-19-16-9-8-15(17)10-14(16)12-18-11-13-6-4-3-5-7-13/h3-10,18H,2,11-12H2,1H3/p+1. The van der Waals surface area contributed by atoms with Crippen LogP contribution in [0.15, 0.2) is 48.5 Å². The number of hydrogen-bond donors (Lipinski definition) is 1. The number of benzene rings is 2. The largest absolute Gasteiger partial charge is 0.493 e. The maximum absolute atomic E-state index is 5.67. The quantitative estimate of drug-likeness (QED) is 0.780. The van der Waals surface area contributed by atoms with Gasteiger partial charge in [-0.2, -0.15) is 0 Å². The summed E-state index contributed by atoms with van der Waals surface area (Å²) in [4.78, 5) is 0. The molecule has 2 nitrogen and oxygen atoms in total. The first-order valence-corrected chi connectivity index (χ1v) is 7.64. The molecular formula is C16H19INO+.